The largest absolute Gasteiger partial charge is 0.480 e. The molecule has 0 aromatic carbocycles. The summed E-state index contributed by atoms with van der Waals surface area (Å²) in [6, 6.07) is -0.330. The van der Waals surface area contributed by atoms with Crippen LogP contribution in [0.1, 0.15) is 38.3 Å². The molecule has 100 valence electrons. The Balaban J connectivity index is 2.06. The predicted molar refractivity (Wildman–Crippen MR) is 68.2 cm³/mol. The fourth-order valence-corrected chi connectivity index (χ4v) is 2.59. The molecule has 0 saturated carbocycles. The van der Waals surface area contributed by atoms with Crippen LogP contribution in [-0.4, -0.2) is 38.1 Å². The fourth-order valence-electron chi connectivity index (χ4n) is 2.59. The number of aliphatic carboxylic acids is 1. The van der Waals surface area contributed by atoms with Crippen LogP contribution in [0, 0.1) is 0 Å². The lowest BCUT2D eigenvalue weighted by Gasteiger charge is -2.32. The molecule has 18 heavy (non-hydrogen) atoms. The van der Waals surface area contributed by atoms with Crippen LogP contribution < -0.4 is 0 Å². The van der Waals surface area contributed by atoms with Crippen molar-refractivity contribution in [2.75, 3.05) is 6.54 Å². The van der Waals surface area contributed by atoms with Gasteiger partial charge in [0.2, 0.25) is 0 Å². The van der Waals surface area contributed by atoms with Gasteiger partial charge in [0.05, 0.1) is 12.0 Å². The molecule has 5 nitrogen and oxygen atoms in total. The number of carboxylic acid groups (broad SMARTS) is 1. The first kappa shape index (κ1) is 13.1. The molecule has 0 radical (unpaired) electrons. The van der Waals surface area contributed by atoms with Gasteiger partial charge < -0.3 is 9.67 Å². The van der Waals surface area contributed by atoms with Crippen LogP contribution in [0.4, 0.5) is 0 Å². The molecule has 0 amide bonds. The highest BCUT2D eigenvalue weighted by molar-refractivity contribution is 5.73. The number of carboxylic acids is 1. The van der Waals surface area contributed by atoms with Crippen LogP contribution in [0.5, 0.6) is 0 Å². The Hall–Kier alpha value is -1.36. The number of hydrogen-bond acceptors (Lipinski definition) is 3. The Labute approximate surface area is 107 Å². The summed E-state index contributed by atoms with van der Waals surface area (Å²) >= 11 is 0. The molecule has 1 unspecified atom stereocenters. The molecule has 1 aliphatic heterocycles. The van der Waals surface area contributed by atoms with Crippen molar-refractivity contribution in [3.8, 4) is 0 Å². The van der Waals surface area contributed by atoms with E-state index >= 15 is 0 Å². The van der Waals surface area contributed by atoms with Gasteiger partial charge in [-0.3, -0.25) is 9.69 Å². The zero-order valence-electron chi connectivity index (χ0n) is 10.9. The van der Waals surface area contributed by atoms with Crippen LogP contribution in [0.2, 0.25) is 0 Å². The molecule has 1 aromatic rings. The van der Waals surface area contributed by atoms with Gasteiger partial charge in [0, 0.05) is 19.3 Å². The highest BCUT2D eigenvalue weighted by Crippen LogP contribution is 2.19. The zero-order valence-corrected chi connectivity index (χ0v) is 10.9. The first-order valence-electron chi connectivity index (χ1n) is 6.68. The molecule has 1 atom stereocenters. The van der Waals surface area contributed by atoms with Crippen molar-refractivity contribution in [1.29, 1.82) is 0 Å². The summed E-state index contributed by atoms with van der Waals surface area (Å²) in [5.74, 6) is -0.698. The van der Waals surface area contributed by atoms with Crippen LogP contribution in [0.3, 0.4) is 0 Å². The molecule has 1 aliphatic rings. The number of aryl methyl sites for hydroxylation is 1. The Morgan fingerprint density at radius 2 is 2.39 bits per heavy atom. The number of nitrogens with zero attached hydrogens (tertiary/aromatic N) is 3. The van der Waals surface area contributed by atoms with Crippen molar-refractivity contribution in [3.63, 3.8) is 0 Å². The third-order valence-corrected chi connectivity index (χ3v) is 3.53. The van der Waals surface area contributed by atoms with E-state index < -0.39 is 5.97 Å². The van der Waals surface area contributed by atoms with Gasteiger partial charge in [-0.25, -0.2) is 4.98 Å². The van der Waals surface area contributed by atoms with Gasteiger partial charge in [0.25, 0.3) is 0 Å². The molecule has 0 bridgehead atoms. The van der Waals surface area contributed by atoms with Crippen molar-refractivity contribution >= 4 is 5.97 Å². The molecule has 2 heterocycles. The summed E-state index contributed by atoms with van der Waals surface area (Å²) in [6.45, 7) is 4.64. The normalized spacial score (nSPS) is 21.1. The van der Waals surface area contributed by atoms with Gasteiger partial charge in [-0.2, -0.15) is 0 Å². The van der Waals surface area contributed by atoms with Gasteiger partial charge in [-0.1, -0.05) is 13.3 Å². The average molecular weight is 251 g/mol. The molecule has 1 N–H and O–H groups in total. The first-order valence-corrected chi connectivity index (χ1v) is 6.68. The standard InChI is InChI=1S/C13H21N3O2/c1-2-6-16-10-14-8-11(16)9-15-7-4-3-5-12(15)13(17)18/h8,10,12H,2-7,9H2,1H3,(H,17,18). The van der Waals surface area contributed by atoms with E-state index in [9.17, 15) is 9.90 Å². The van der Waals surface area contributed by atoms with E-state index in [0.717, 1.165) is 44.5 Å². The summed E-state index contributed by atoms with van der Waals surface area (Å²) in [5.41, 5.74) is 1.12. The highest BCUT2D eigenvalue weighted by atomic mass is 16.4. The minimum Gasteiger partial charge on any atom is -0.480 e. The van der Waals surface area contributed by atoms with Crippen molar-refractivity contribution < 1.29 is 9.90 Å². The number of likely N-dealkylation sites (tertiary alicyclic amines) is 1. The Morgan fingerprint density at radius 1 is 1.56 bits per heavy atom. The minimum atomic E-state index is -0.698. The van der Waals surface area contributed by atoms with Gasteiger partial charge in [0.1, 0.15) is 6.04 Å². The highest BCUT2D eigenvalue weighted by Gasteiger charge is 2.28. The van der Waals surface area contributed by atoms with Crippen LogP contribution in [-0.2, 0) is 17.9 Å². The Bertz CT molecular complexity index is 403. The second-order valence-corrected chi connectivity index (χ2v) is 4.90. The van der Waals surface area contributed by atoms with E-state index in [0.29, 0.717) is 6.54 Å². The summed E-state index contributed by atoms with van der Waals surface area (Å²) in [4.78, 5) is 17.5. The van der Waals surface area contributed by atoms with E-state index in [1.54, 1.807) is 0 Å². The molecule has 5 heteroatoms. The topological polar surface area (TPSA) is 58.4 Å². The molecule has 1 aromatic heterocycles. The third-order valence-electron chi connectivity index (χ3n) is 3.53. The van der Waals surface area contributed by atoms with Gasteiger partial charge in [-0.05, 0) is 25.8 Å². The molecule has 0 spiro atoms. The second kappa shape index (κ2) is 6.00. The SMILES string of the molecule is CCCn1cncc1CN1CCCCC1C(=O)O. The van der Waals surface area contributed by atoms with Crippen molar-refractivity contribution in [2.45, 2.75) is 51.7 Å². The Kier molecular flexibility index (Phi) is 4.36. The Morgan fingerprint density at radius 3 is 3.11 bits per heavy atom. The second-order valence-electron chi connectivity index (χ2n) is 4.90. The van der Waals surface area contributed by atoms with E-state index in [2.05, 4.69) is 21.4 Å². The van der Waals surface area contributed by atoms with Crippen molar-refractivity contribution in [1.82, 2.24) is 14.5 Å². The number of hydrogen-bond donors (Lipinski definition) is 1. The number of rotatable bonds is 5. The lowest BCUT2D eigenvalue weighted by molar-refractivity contribution is -0.144. The van der Waals surface area contributed by atoms with Crippen LogP contribution in [0.15, 0.2) is 12.5 Å². The van der Waals surface area contributed by atoms with Crippen LogP contribution >= 0.6 is 0 Å². The molecular weight excluding hydrogens is 230 g/mol. The molecule has 0 aliphatic carbocycles. The van der Waals surface area contributed by atoms with Gasteiger partial charge in [0.15, 0.2) is 0 Å². The number of imidazole rings is 1. The maximum absolute atomic E-state index is 11.2. The molecular formula is C13H21N3O2. The minimum absolute atomic E-state index is 0.330. The molecule has 2 rings (SSSR count). The lowest BCUT2D eigenvalue weighted by Crippen LogP contribution is -2.44. The van der Waals surface area contributed by atoms with E-state index in [1.165, 1.54) is 0 Å². The predicted octanol–water partition coefficient (Wildman–Crippen LogP) is 1.73. The third kappa shape index (κ3) is 2.90. The summed E-state index contributed by atoms with van der Waals surface area (Å²) in [5, 5.41) is 9.25. The number of aromatic nitrogens is 2. The first-order chi connectivity index (χ1) is 8.72. The average Bonchev–Trinajstić information content (AvgIpc) is 2.78. The summed E-state index contributed by atoms with van der Waals surface area (Å²) < 4.78 is 2.12. The van der Waals surface area contributed by atoms with E-state index in [4.69, 9.17) is 0 Å². The molecule has 1 saturated heterocycles. The van der Waals surface area contributed by atoms with E-state index in [-0.39, 0.29) is 6.04 Å². The smallest absolute Gasteiger partial charge is 0.320 e. The monoisotopic (exact) mass is 251 g/mol. The van der Waals surface area contributed by atoms with Crippen molar-refractivity contribution in [3.05, 3.63) is 18.2 Å². The van der Waals surface area contributed by atoms with Gasteiger partial charge in [-0.15, -0.1) is 0 Å². The maximum Gasteiger partial charge on any atom is 0.320 e. The van der Waals surface area contributed by atoms with Crippen molar-refractivity contribution in [2.24, 2.45) is 0 Å². The van der Waals surface area contributed by atoms with Gasteiger partial charge >= 0.3 is 5.97 Å². The number of carbonyl (C=O) groups is 1. The maximum atomic E-state index is 11.2. The van der Waals surface area contributed by atoms with Crippen LogP contribution in [0.25, 0.3) is 0 Å². The fraction of sp³-hybridized carbons (Fsp3) is 0.692. The van der Waals surface area contributed by atoms with E-state index in [1.807, 2.05) is 12.5 Å². The lowest BCUT2D eigenvalue weighted by atomic mass is 10.0. The quantitative estimate of drug-likeness (QED) is 0.866. The molecule has 1 fully saturated rings. The summed E-state index contributed by atoms with van der Waals surface area (Å²) in [7, 11) is 0. The zero-order chi connectivity index (χ0) is 13.0. The summed E-state index contributed by atoms with van der Waals surface area (Å²) in [6.07, 6.45) is 7.61. The number of piperidine rings is 1.